The maximum atomic E-state index is 13.7. The Morgan fingerprint density at radius 1 is 0.625 bits per heavy atom. The molecule has 0 saturated carbocycles. The highest BCUT2D eigenvalue weighted by Gasteiger charge is 2.36. The molecule has 2 aromatic carbocycles. The van der Waals surface area contributed by atoms with E-state index in [-0.39, 0.29) is 24.7 Å². The second-order valence-corrected chi connectivity index (χ2v) is 12.5. The number of likely N-dealkylation sites (N-methyl/N-ethyl adjacent to an activating group) is 2. The highest BCUT2D eigenvalue weighted by atomic mass is 16.6. The van der Waals surface area contributed by atoms with E-state index in [0.29, 0.717) is 24.0 Å². The van der Waals surface area contributed by atoms with E-state index >= 15 is 0 Å². The van der Waals surface area contributed by atoms with Gasteiger partial charge < -0.3 is 29.9 Å². The first kappa shape index (κ1) is 37.7. The summed E-state index contributed by atoms with van der Waals surface area (Å²) in [5.74, 6) is -4.85. The number of hydrogen-bond donors (Lipinski definition) is 2. The highest BCUT2D eigenvalue weighted by Crippen LogP contribution is 2.16. The van der Waals surface area contributed by atoms with Crippen molar-refractivity contribution in [2.75, 3.05) is 27.2 Å². The van der Waals surface area contributed by atoms with Gasteiger partial charge in [-0.3, -0.25) is 28.8 Å². The fraction of sp³-hybridized carbons (Fsp3) is 0.500. The van der Waals surface area contributed by atoms with Crippen LogP contribution >= 0.6 is 0 Å². The molecule has 260 valence electrons. The molecule has 0 radical (unpaired) electrons. The van der Waals surface area contributed by atoms with Gasteiger partial charge in [0.1, 0.15) is 25.2 Å². The first-order valence-corrected chi connectivity index (χ1v) is 16.4. The molecule has 12 heteroatoms. The Balaban J connectivity index is 2.01. The number of amides is 4. The lowest BCUT2D eigenvalue weighted by atomic mass is 9.97. The second-order valence-electron chi connectivity index (χ2n) is 12.5. The Labute approximate surface area is 282 Å². The third-order valence-electron chi connectivity index (χ3n) is 8.70. The molecular formula is C36H48N4O8. The lowest BCUT2D eigenvalue weighted by Gasteiger charge is -2.31. The monoisotopic (exact) mass is 664 g/mol. The smallest absolute Gasteiger partial charge is 0.326 e. The summed E-state index contributed by atoms with van der Waals surface area (Å²) in [4.78, 5) is 83.6. The molecule has 1 fully saturated rings. The van der Waals surface area contributed by atoms with Crippen LogP contribution in [-0.4, -0.2) is 96.8 Å². The minimum atomic E-state index is -1.32. The van der Waals surface area contributed by atoms with Gasteiger partial charge in [-0.05, 0) is 23.0 Å². The predicted octanol–water partition coefficient (Wildman–Crippen LogP) is 2.29. The van der Waals surface area contributed by atoms with Crippen LogP contribution in [0.4, 0.5) is 0 Å². The van der Waals surface area contributed by atoms with Crippen molar-refractivity contribution in [2.24, 2.45) is 11.8 Å². The molecule has 2 aromatic rings. The third kappa shape index (κ3) is 10.6. The maximum absolute atomic E-state index is 13.7. The molecule has 4 amide bonds. The van der Waals surface area contributed by atoms with Crippen LogP contribution in [-0.2, 0) is 51.1 Å². The van der Waals surface area contributed by atoms with E-state index in [1.807, 2.05) is 26.0 Å². The molecule has 1 aliphatic heterocycles. The number of benzene rings is 2. The van der Waals surface area contributed by atoms with Gasteiger partial charge in [0.25, 0.3) is 11.8 Å². The molecule has 1 aliphatic rings. The number of carbonyl (C=O) groups is 6. The summed E-state index contributed by atoms with van der Waals surface area (Å²) < 4.78 is 11.3. The van der Waals surface area contributed by atoms with Crippen LogP contribution in [0.3, 0.4) is 0 Å². The van der Waals surface area contributed by atoms with Crippen molar-refractivity contribution in [3.8, 4) is 0 Å². The van der Waals surface area contributed by atoms with Gasteiger partial charge in [0, 0.05) is 26.9 Å². The number of hydrogen-bond acceptors (Lipinski definition) is 8. The van der Waals surface area contributed by atoms with Gasteiger partial charge in [-0.15, -0.1) is 0 Å². The summed E-state index contributed by atoms with van der Waals surface area (Å²) in [6.45, 7) is 6.29. The van der Waals surface area contributed by atoms with Gasteiger partial charge in [-0.2, -0.15) is 0 Å². The summed E-state index contributed by atoms with van der Waals surface area (Å²) in [5.41, 5.74) is 1.43. The summed E-state index contributed by atoms with van der Waals surface area (Å²) in [6, 6.07) is 15.8. The second kappa shape index (κ2) is 18.0. The van der Waals surface area contributed by atoms with Crippen molar-refractivity contribution < 1.29 is 38.2 Å². The van der Waals surface area contributed by atoms with Crippen LogP contribution in [0.2, 0.25) is 0 Å². The van der Waals surface area contributed by atoms with Gasteiger partial charge in [-0.1, -0.05) is 101 Å². The number of ether oxygens (including phenoxy) is 2. The van der Waals surface area contributed by atoms with Crippen LogP contribution in [0.25, 0.3) is 0 Å². The molecule has 12 nitrogen and oxygen atoms in total. The molecule has 1 heterocycles. The van der Waals surface area contributed by atoms with Crippen LogP contribution in [0, 0.1) is 11.8 Å². The van der Waals surface area contributed by atoms with Gasteiger partial charge in [0.2, 0.25) is 11.8 Å². The van der Waals surface area contributed by atoms with Gasteiger partial charge >= 0.3 is 11.9 Å². The van der Waals surface area contributed by atoms with Crippen LogP contribution in [0.5, 0.6) is 0 Å². The standard InChI is InChI=1S/C36H48N4O8/c1-7-23(3)31-35(45)39(5)21-29(41)48-28(20-26-17-13-10-14-18-26)34(44)38-32(24(4)8-2)36(46)40(6)22-30(42)47-27(33(43)37-31)19-25-15-11-9-12-16-25/h9-18,23-24,27-28,31-32H,7-8,19-22H2,1-6H3,(H,37,43)(H,38,44)/t23-,24-,27-,28-,31+,32+/m0/s1. The summed E-state index contributed by atoms with van der Waals surface area (Å²) >= 11 is 0. The highest BCUT2D eigenvalue weighted by molar-refractivity contribution is 5.94. The Bertz CT molecular complexity index is 1310. The van der Waals surface area contributed by atoms with Crippen LogP contribution in [0.15, 0.2) is 60.7 Å². The number of cyclic esters (lactones) is 2. The SMILES string of the molecule is CC[C@H](C)[C@H]1NC(=O)[C@H](Cc2ccccc2)OC(=O)CN(C)C(=O)[C@@H]([C@@H](C)CC)NC(=O)[C@H](Cc2ccccc2)OC(=O)CN(C)C1=O. The van der Waals surface area contributed by atoms with Gasteiger partial charge in [0.05, 0.1) is 0 Å². The topological polar surface area (TPSA) is 151 Å². The summed E-state index contributed by atoms with van der Waals surface area (Å²) in [5, 5.41) is 5.50. The van der Waals surface area contributed by atoms with Crippen molar-refractivity contribution in [3.63, 3.8) is 0 Å². The fourth-order valence-electron chi connectivity index (χ4n) is 5.30. The van der Waals surface area contributed by atoms with Gasteiger partial charge in [0.15, 0.2) is 12.2 Å². The molecule has 0 unspecified atom stereocenters. The minimum absolute atomic E-state index is 0.0218. The molecule has 3 rings (SSSR count). The minimum Gasteiger partial charge on any atom is -0.451 e. The van der Waals surface area contributed by atoms with Crippen molar-refractivity contribution in [1.29, 1.82) is 0 Å². The Kier molecular flexibility index (Phi) is 14.1. The number of nitrogens with zero attached hydrogens (tertiary/aromatic N) is 2. The molecule has 6 atom stereocenters. The first-order valence-electron chi connectivity index (χ1n) is 16.4. The lowest BCUT2D eigenvalue weighted by molar-refractivity contribution is -0.161. The largest absolute Gasteiger partial charge is 0.451 e. The lowest BCUT2D eigenvalue weighted by Crippen LogP contribution is -2.56. The molecule has 2 N–H and O–H groups in total. The number of esters is 2. The normalized spacial score (nSPS) is 23.6. The Morgan fingerprint density at radius 3 is 1.27 bits per heavy atom. The number of rotatable bonds is 8. The molecule has 0 spiro atoms. The van der Waals surface area contributed by atoms with Crippen LogP contribution < -0.4 is 10.6 Å². The van der Waals surface area contributed by atoms with E-state index in [2.05, 4.69) is 10.6 Å². The summed E-state index contributed by atoms with van der Waals surface area (Å²) in [6.07, 6.45) is -1.56. The first-order chi connectivity index (χ1) is 22.8. The van der Waals surface area contributed by atoms with Crippen LogP contribution in [0.1, 0.15) is 51.7 Å². The third-order valence-corrected chi connectivity index (χ3v) is 8.70. The van der Waals surface area contributed by atoms with E-state index < -0.39 is 72.9 Å². The zero-order chi connectivity index (χ0) is 35.4. The molecule has 48 heavy (non-hydrogen) atoms. The number of nitrogens with one attached hydrogen (secondary N) is 2. The zero-order valence-corrected chi connectivity index (χ0v) is 28.6. The zero-order valence-electron chi connectivity index (χ0n) is 28.6. The van der Waals surface area contributed by atoms with Crippen molar-refractivity contribution in [2.45, 2.75) is 77.7 Å². The molecule has 0 aromatic heterocycles. The maximum Gasteiger partial charge on any atom is 0.326 e. The van der Waals surface area contributed by atoms with Gasteiger partial charge in [-0.25, -0.2) is 0 Å². The van der Waals surface area contributed by atoms with Crippen molar-refractivity contribution in [1.82, 2.24) is 20.4 Å². The Hall–Kier alpha value is -4.74. The average Bonchev–Trinajstić information content (AvgIpc) is 3.07. The molecule has 0 aliphatic carbocycles. The molecule has 0 bridgehead atoms. The quantitative estimate of drug-likeness (QED) is 0.408. The number of carbonyl (C=O) groups excluding carboxylic acids is 6. The predicted molar refractivity (Wildman–Crippen MR) is 178 cm³/mol. The van der Waals surface area contributed by atoms with Crippen molar-refractivity contribution in [3.05, 3.63) is 71.8 Å². The van der Waals surface area contributed by atoms with E-state index in [1.165, 1.54) is 14.1 Å². The average molecular weight is 665 g/mol. The molecular weight excluding hydrogens is 616 g/mol. The van der Waals surface area contributed by atoms with E-state index in [1.54, 1.807) is 62.4 Å². The molecule has 1 saturated heterocycles. The van der Waals surface area contributed by atoms with E-state index in [9.17, 15) is 28.8 Å². The fourth-order valence-corrected chi connectivity index (χ4v) is 5.30. The van der Waals surface area contributed by atoms with E-state index in [4.69, 9.17) is 9.47 Å². The van der Waals surface area contributed by atoms with Crippen molar-refractivity contribution >= 4 is 35.6 Å². The van der Waals surface area contributed by atoms with E-state index in [0.717, 1.165) is 9.80 Å². The Morgan fingerprint density at radius 2 is 0.958 bits per heavy atom. The summed E-state index contributed by atoms with van der Waals surface area (Å²) in [7, 11) is 2.81.